The third kappa shape index (κ3) is 6.56. The molecule has 35 heavy (non-hydrogen) atoms. The highest BCUT2D eigenvalue weighted by Gasteiger charge is 2.37. The molecular weight excluding hydrogens is 496 g/mol. The lowest BCUT2D eigenvalue weighted by molar-refractivity contribution is -0.143. The van der Waals surface area contributed by atoms with Gasteiger partial charge in [0, 0.05) is 23.0 Å². The molecule has 188 valence electrons. The second kappa shape index (κ2) is 10.3. The van der Waals surface area contributed by atoms with Crippen molar-refractivity contribution in [3.8, 4) is 0 Å². The maximum Gasteiger partial charge on any atom is 0.416 e. The van der Waals surface area contributed by atoms with Gasteiger partial charge in [0.05, 0.1) is 16.6 Å². The van der Waals surface area contributed by atoms with Crippen LogP contribution in [-0.4, -0.2) is 23.0 Å². The molecule has 2 N–H and O–H groups in total. The summed E-state index contributed by atoms with van der Waals surface area (Å²) in [5.74, 6) is -0.237. The number of anilines is 1. The summed E-state index contributed by atoms with van der Waals surface area (Å²) < 4.78 is 78.3. The molecule has 1 aromatic heterocycles. The summed E-state index contributed by atoms with van der Waals surface area (Å²) in [6, 6.07) is 12.2. The highest BCUT2D eigenvalue weighted by Crippen LogP contribution is 2.36. The Balaban J connectivity index is 0.00000342. The van der Waals surface area contributed by atoms with Crippen molar-refractivity contribution in [2.45, 2.75) is 50.1 Å². The van der Waals surface area contributed by atoms with Gasteiger partial charge >= 0.3 is 12.4 Å². The molecule has 1 saturated carbocycles. The highest BCUT2D eigenvalue weighted by atomic mass is 35.5. The average molecular weight is 518 g/mol. The molecule has 0 spiro atoms. The molecule has 3 aromatic rings. The Labute approximate surface area is 203 Å². The summed E-state index contributed by atoms with van der Waals surface area (Å²) >= 11 is 0. The number of rotatable bonds is 4. The van der Waals surface area contributed by atoms with E-state index in [1.54, 1.807) is 0 Å². The minimum absolute atomic E-state index is 0. The van der Waals surface area contributed by atoms with Crippen LogP contribution in [0.2, 0.25) is 0 Å². The minimum atomic E-state index is -5.00. The van der Waals surface area contributed by atoms with E-state index in [0.29, 0.717) is 37.8 Å². The van der Waals surface area contributed by atoms with E-state index in [0.717, 1.165) is 16.7 Å². The van der Waals surface area contributed by atoms with Gasteiger partial charge in [0.2, 0.25) is 0 Å². The largest absolute Gasteiger partial charge is 0.416 e. The molecule has 11 heteroatoms. The molecule has 1 amide bonds. The normalized spacial score (nSPS) is 18.6. The van der Waals surface area contributed by atoms with Gasteiger partial charge in [0.1, 0.15) is 5.82 Å². The molecule has 0 unspecified atom stereocenters. The minimum Gasteiger partial charge on any atom is -0.367 e. The predicted molar refractivity (Wildman–Crippen MR) is 123 cm³/mol. The van der Waals surface area contributed by atoms with Crippen molar-refractivity contribution in [2.24, 2.45) is 0 Å². The van der Waals surface area contributed by atoms with Gasteiger partial charge in [-0.05, 0) is 62.1 Å². The zero-order valence-electron chi connectivity index (χ0n) is 18.2. The van der Waals surface area contributed by atoms with E-state index in [4.69, 9.17) is 0 Å². The van der Waals surface area contributed by atoms with E-state index in [1.165, 1.54) is 0 Å². The van der Waals surface area contributed by atoms with Crippen molar-refractivity contribution in [3.63, 3.8) is 0 Å². The number of nitrogens with zero attached hydrogens (tertiary/aromatic N) is 1. The Bertz CT molecular complexity index is 1160. The summed E-state index contributed by atoms with van der Waals surface area (Å²) in [5.41, 5.74) is -2.83. The molecule has 1 fully saturated rings. The second-order valence-corrected chi connectivity index (χ2v) is 8.35. The van der Waals surface area contributed by atoms with Crippen LogP contribution >= 0.6 is 12.4 Å². The first-order valence-electron chi connectivity index (χ1n) is 10.7. The molecule has 0 saturated heterocycles. The number of fused-ring (bicyclic) bond motifs is 1. The fourth-order valence-electron chi connectivity index (χ4n) is 4.09. The highest BCUT2D eigenvalue weighted by molar-refractivity contribution is 5.95. The van der Waals surface area contributed by atoms with E-state index in [-0.39, 0.29) is 30.6 Å². The number of benzene rings is 2. The van der Waals surface area contributed by atoms with Crippen LogP contribution in [0, 0.1) is 0 Å². The summed E-state index contributed by atoms with van der Waals surface area (Å²) in [4.78, 5) is 17.1. The molecule has 0 atom stereocenters. The van der Waals surface area contributed by atoms with Gasteiger partial charge in [-0.1, -0.05) is 18.2 Å². The Morgan fingerprint density at radius 2 is 1.37 bits per heavy atom. The zero-order chi connectivity index (χ0) is 24.5. The third-order valence-corrected chi connectivity index (χ3v) is 5.86. The maximum atomic E-state index is 13.1. The smallest absolute Gasteiger partial charge is 0.367 e. The van der Waals surface area contributed by atoms with Crippen LogP contribution in [0.4, 0.5) is 32.2 Å². The van der Waals surface area contributed by atoms with Gasteiger partial charge in [-0.2, -0.15) is 26.3 Å². The van der Waals surface area contributed by atoms with Gasteiger partial charge < -0.3 is 10.6 Å². The zero-order valence-corrected chi connectivity index (χ0v) is 19.0. The maximum absolute atomic E-state index is 13.1. The van der Waals surface area contributed by atoms with Crippen molar-refractivity contribution in [1.82, 2.24) is 10.3 Å². The molecule has 4 nitrogen and oxygen atoms in total. The Morgan fingerprint density at radius 1 is 0.800 bits per heavy atom. The quantitative estimate of drug-likeness (QED) is 0.372. The molecule has 0 aliphatic heterocycles. The lowest BCUT2D eigenvalue weighted by Crippen LogP contribution is -2.40. The third-order valence-electron chi connectivity index (χ3n) is 5.86. The van der Waals surface area contributed by atoms with Crippen molar-refractivity contribution in [2.75, 3.05) is 5.32 Å². The van der Waals surface area contributed by atoms with E-state index in [2.05, 4.69) is 15.6 Å². The van der Waals surface area contributed by atoms with Crippen LogP contribution in [0.3, 0.4) is 0 Å². The lowest BCUT2D eigenvalue weighted by Gasteiger charge is -2.30. The predicted octanol–water partition coefficient (Wildman–Crippen LogP) is 6.85. The van der Waals surface area contributed by atoms with Crippen molar-refractivity contribution in [1.29, 1.82) is 0 Å². The SMILES string of the molecule is Cl.O=C(NC1CCC(Nc2ccc3ccccc3n2)CC1)c1cc(C(F)(F)F)cc(C(F)(F)F)c1. The number of para-hydroxylation sites is 1. The number of pyridine rings is 1. The van der Waals surface area contributed by atoms with Crippen molar-refractivity contribution < 1.29 is 31.1 Å². The van der Waals surface area contributed by atoms with Crippen LogP contribution < -0.4 is 10.6 Å². The monoisotopic (exact) mass is 517 g/mol. The molecule has 1 aliphatic carbocycles. The number of hydrogen-bond acceptors (Lipinski definition) is 3. The first-order valence-corrected chi connectivity index (χ1v) is 10.7. The summed E-state index contributed by atoms with van der Waals surface area (Å²) in [7, 11) is 0. The molecule has 1 aliphatic rings. The number of alkyl halides is 6. The number of nitrogens with one attached hydrogen (secondary N) is 2. The van der Waals surface area contributed by atoms with Crippen molar-refractivity contribution >= 4 is 35.0 Å². The van der Waals surface area contributed by atoms with Crippen LogP contribution in [0.1, 0.15) is 47.2 Å². The summed E-state index contributed by atoms with van der Waals surface area (Å²) in [5, 5.41) is 6.95. The standard InChI is InChI=1S/C24H21F6N3O.ClH/c25-23(26,27)16-11-15(12-17(13-16)24(28,29)30)22(34)32-19-8-6-18(7-9-19)31-21-10-5-14-3-1-2-4-20(14)33-21;/h1-5,10-13,18-19H,6-9H2,(H,31,33)(H,32,34);1H. The van der Waals surface area contributed by atoms with Gasteiger partial charge in [0.15, 0.2) is 0 Å². The van der Waals surface area contributed by atoms with Crippen LogP contribution in [-0.2, 0) is 12.4 Å². The van der Waals surface area contributed by atoms with Crippen LogP contribution in [0.25, 0.3) is 10.9 Å². The van der Waals surface area contributed by atoms with E-state index < -0.39 is 35.0 Å². The molecule has 4 rings (SSSR count). The fraction of sp³-hybridized carbons (Fsp3) is 0.333. The molecule has 2 aromatic carbocycles. The van der Waals surface area contributed by atoms with E-state index >= 15 is 0 Å². The molecule has 0 bridgehead atoms. The first-order chi connectivity index (χ1) is 16.0. The topological polar surface area (TPSA) is 54.0 Å². The van der Waals surface area contributed by atoms with E-state index in [9.17, 15) is 31.1 Å². The lowest BCUT2D eigenvalue weighted by atomic mass is 9.91. The van der Waals surface area contributed by atoms with Gasteiger partial charge in [-0.3, -0.25) is 4.79 Å². The van der Waals surface area contributed by atoms with Crippen LogP contribution in [0.5, 0.6) is 0 Å². The van der Waals surface area contributed by atoms with Crippen molar-refractivity contribution in [3.05, 3.63) is 71.3 Å². The number of halogens is 7. The van der Waals surface area contributed by atoms with Gasteiger partial charge in [-0.15, -0.1) is 12.4 Å². The number of amides is 1. The van der Waals surface area contributed by atoms with E-state index in [1.807, 2.05) is 36.4 Å². The van der Waals surface area contributed by atoms with Gasteiger partial charge in [0.25, 0.3) is 5.91 Å². The summed E-state index contributed by atoms with van der Waals surface area (Å²) in [6.45, 7) is 0. The fourth-order valence-corrected chi connectivity index (χ4v) is 4.09. The number of aromatic nitrogens is 1. The Kier molecular flexibility index (Phi) is 7.83. The molecule has 0 radical (unpaired) electrons. The van der Waals surface area contributed by atoms with Crippen LogP contribution in [0.15, 0.2) is 54.6 Å². The Morgan fingerprint density at radius 3 is 1.97 bits per heavy atom. The number of hydrogen-bond donors (Lipinski definition) is 2. The summed E-state index contributed by atoms with van der Waals surface area (Å²) in [6.07, 6.45) is -7.62. The number of carbonyl (C=O) groups excluding carboxylic acids is 1. The first kappa shape index (κ1) is 26.6. The average Bonchev–Trinajstić information content (AvgIpc) is 2.79. The Hall–Kier alpha value is -3.01. The van der Waals surface area contributed by atoms with Gasteiger partial charge in [-0.25, -0.2) is 4.98 Å². The number of carbonyl (C=O) groups is 1. The second-order valence-electron chi connectivity index (χ2n) is 8.35. The molecule has 1 heterocycles. The molecular formula is C24H22ClF6N3O.